The number of hydrogen-bond acceptors (Lipinski definition) is 2. The Kier molecular flexibility index (Phi) is 5.69. The van der Waals surface area contributed by atoms with Crippen LogP contribution in [-0.2, 0) is 4.79 Å². The van der Waals surface area contributed by atoms with Gasteiger partial charge in [-0.2, -0.15) is 0 Å². The van der Waals surface area contributed by atoms with E-state index in [0.717, 1.165) is 25.3 Å². The Balaban J connectivity index is 2.76. The highest BCUT2D eigenvalue weighted by Crippen LogP contribution is 2.15. The Morgan fingerprint density at radius 1 is 1.11 bits per heavy atom. The normalized spacial score (nSPS) is 10.2. The Morgan fingerprint density at radius 2 is 1.78 bits per heavy atom. The van der Waals surface area contributed by atoms with Crippen LogP contribution in [0, 0.1) is 6.92 Å². The molecule has 1 aromatic rings. The van der Waals surface area contributed by atoms with E-state index in [4.69, 9.17) is 0 Å². The predicted molar refractivity (Wildman–Crippen MR) is 77.0 cm³/mol. The van der Waals surface area contributed by atoms with Gasteiger partial charge in [0.2, 0.25) is 5.91 Å². The third-order valence-corrected chi connectivity index (χ3v) is 3.19. The van der Waals surface area contributed by atoms with Gasteiger partial charge < -0.3 is 9.80 Å². The molecular weight excluding hydrogens is 224 g/mol. The van der Waals surface area contributed by atoms with Crippen molar-refractivity contribution in [3.8, 4) is 0 Å². The Labute approximate surface area is 110 Å². The van der Waals surface area contributed by atoms with Crippen LogP contribution in [0.25, 0.3) is 0 Å². The maximum atomic E-state index is 12.1. The summed E-state index contributed by atoms with van der Waals surface area (Å²) in [5.41, 5.74) is 2.35. The SMILES string of the molecule is CCN(CC)C(=O)CN(CC)c1cccc(C)c1. The number of carbonyl (C=O) groups excluding carboxylic acids is 1. The summed E-state index contributed by atoms with van der Waals surface area (Å²) in [5, 5.41) is 0. The smallest absolute Gasteiger partial charge is 0.242 e. The number of anilines is 1. The number of benzene rings is 1. The van der Waals surface area contributed by atoms with E-state index in [1.807, 2.05) is 24.8 Å². The lowest BCUT2D eigenvalue weighted by atomic mass is 10.2. The molecule has 18 heavy (non-hydrogen) atoms. The summed E-state index contributed by atoms with van der Waals surface area (Å²) in [6, 6.07) is 8.30. The minimum atomic E-state index is 0.198. The first kappa shape index (κ1) is 14.6. The van der Waals surface area contributed by atoms with Gasteiger partial charge in [0.15, 0.2) is 0 Å². The van der Waals surface area contributed by atoms with Crippen LogP contribution in [0.15, 0.2) is 24.3 Å². The molecule has 100 valence electrons. The Bertz CT molecular complexity index is 386. The van der Waals surface area contributed by atoms with Crippen molar-refractivity contribution in [2.45, 2.75) is 27.7 Å². The van der Waals surface area contributed by atoms with Crippen LogP contribution in [-0.4, -0.2) is 37.0 Å². The average molecular weight is 248 g/mol. The zero-order valence-electron chi connectivity index (χ0n) is 11.9. The van der Waals surface area contributed by atoms with E-state index in [9.17, 15) is 4.79 Å². The van der Waals surface area contributed by atoms with E-state index in [0.29, 0.717) is 6.54 Å². The fourth-order valence-electron chi connectivity index (χ4n) is 2.05. The lowest BCUT2D eigenvalue weighted by molar-refractivity contribution is -0.129. The molecule has 0 radical (unpaired) electrons. The van der Waals surface area contributed by atoms with E-state index in [1.165, 1.54) is 5.56 Å². The van der Waals surface area contributed by atoms with Crippen molar-refractivity contribution >= 4 is 11.6 Å². The van der Waals surface area contributed by atoms with Crippen LogP contribution in [0.1, 0.15) is 26.3 Å². The van der Waals surface area contributed by atoms with Crippen molar-refractivity contribution in [3.05, 3.63) is 29.8 Å². The zero-order chi connectivity index (χ0) is 13.5. The van der Waals surface area contributed by atoms with Crippen LogP contribution < -0.4 is 4.90 Å². The van der Waals surface area contributed by atoms with Gasteiger partial charge in [0.1, 0.15) is 0 Å². The third-order valence-electron chi connectivity index (χ3n) is 3.19. The number of rotatable bonds is 6. The molecule has 0 bridgehead atoms. The first-order chi connectivity index (χ1) is 8.62. The number of likely N-dealkylation sites (N-methyl/N-ethyl adjacent to an activating group) is 2. The van der Waals surface area contributed by atoms with E-state index < -0.39 is 0 Å². The van der Waals surface area contributed by atoms with Crippen molar-refractivity contribution in [2.24, 2.45) is 0 Å². The van der Waals surface area contributed by atoms with Gasteiger partial charge in [0, 0.05) is 25.3 Å². The summed E-state index contributed by atoms with van der Waals surface area (Å²) in [6.07, 6.45) is 0. The summed E-state index contributed by atoms with van der Waals surface area (Å²) in [5.74, 6) is 0.198. The number of carbonyl (C=O) groups is 1. The van der Waals surface area contributed by atoms with E-state index in [2.05, 4.69) is 36.9 Å². The lowest BCUT2D eigenvalue weighted by Crippen LogP contribution is -2.40. The van der Waals surface area contributed by atoms with E-state index >= 15 is 0 Å². The number of amides is 1. The Morgan fingerprint density at radius 3 is 2.28 bits per heavy atom. The van der Waals surface area contributed by atoms with Gasteiger partial charge >= 0.3 is 0 Å². The molecule has 0 saturated carbocycles. The largest absolute Gasteiger partial charge is 0.362 e. The van der Waals surface area contributed by atoms with Crippen molar-refractivity contribution in [2.75, 3.05) is 31.1 Å². The fourth-order valence-corrected chi connectivity index (χ4v) is 2.05. The van der Waals surface area contributed by atoms with Crippen molar-refractivity contribution in [1.29, 1.82) is 0 Å². The second-order valence-corrected chi connectivity index (χ2v) is 4.42. The number of hydrogen-bond donors (Lipinski definition) is 0. The highest BCUT2D eigenvalue weighted by atomic mass is 16.2. The molecule has 1 amide bonds. The molecule has 1 aromatic carbocycles. The molecule has 0 spiro atoms. The number of nitrogens with zero attached hydrogens (tertiary/aromatic N) is 2. The minimum absolute atomic E-state index is 0.198. The first-order valence-electron chi connectivity index (χ1n) is 6.71. The monoisotopic (exact) mass is 248 g/mol. The molecule has 0 aliphatic carbocycles. The van der Waals surface area contributed by atoms with Crippen molar-refractivity contribution < 1.29 is 4.79 Å². The molecule has 0 atom stereocenters. The van der Waals surface area contributed by atoms with Gasteiger partial charge in [-0.25, -0.2) is 0 Å². The van der Waals surface area contributed by atoms with Gasteiger partial charge in [-0.15, -0.1) is 0 Å². The molecule has 0 fully saturated rings. The average Bonchev–Trinajstić information content (AvgIpc) is 2.37. The van der Waals surface area contributed by atoms with Crippen LogP contribution in [0.4, 0.5) is 5.69 Å². The van der Waals surface area contributed by atoms with E-state index in [-0.39, 0.29) is 5.91 Å². The third kappa shape index (κ3) is 3.76. The molecule has 0 saturated heterocycles. The summed E-state index contributed by atoms with van der Waals surface area (Å²) >= 11 is 0. The highest BCUT2D eigenvalue weighted by Gasteiger charge is 2.14. The molecule has 0 aromatic heterocycles. The molecule has 3 heteroatoms. The summed E-state index contributed by atoms with van der Waals surface area (Å²) < 4.78 is 0. The molecule has 0 unspecified atom stereocenters. The molecular formula is C15H24N2O. The zero-order valence-corrected chi connectivity index (χ0v) is 11.9. The second kappa shape index (κ2) is 7.04. The highest BCUT2D eigenvalue weighted by molar-refractivity contribution is 5.81. The molecule has 0 aliphatic rings. The standard InChI is InChI=1S/C15H24N2O/c1-5-16(6-2)15(18)12-17(7-3)14-10-8-9-13(4)11-14/h8-11H,5-7,12H2,1-4H3. The van der Waals surface area contributed by atoms with Crippen LogP contribution >= 0.6 is 0 Å². The van der Waals surface area contributed by atoms with Gasteiger partial charge in [0.25, 0.3) is 0 Å². The maximum Gasteiger partial charge on any atom is 0.242 e. The quantitative estimate of drug-likeness (QED) is 0.773. The second-order valence-electron chi connectivity index (χ2n) is 4.42. The first-order valence-corrected chi connectivity index (χ1v) is 6.71. The van der Waals surface area contributed by atoms with Crippen LogP contribution in [0.3, 0.4) is 0 Å². The lowest BCUT2D eigenvalue weighted by Gasteiger charge is -2.26. The van der Waals surface area contributed by atoms with Gasteiger partial charge in [0.05, 0.1) is 6.54 Å². The van der Waals surface area contributed by atoms with Gasteiger partial charge in [-0.3, -0.25) is 4.79 Å². The predicted octanol–water partition coefficient (Wildman–Crippen LogP) is 2.69. The fraction of sp³-hybridized carbons (Fsp3) is 0.533. The minimum Gasteiger partial charge on any atom is -0.362 e. The summed E-state index contributed by atoms with van der Waals surface area (Å²) in [7, 11) is 0. The summed E-state index contributed by atoms with van der Waals surface area (Å²) in [6.45, 7) is 11.1. The molecule has 0 aliphatic heterocycles. The topological polar surface area (TPSA) is 23.6 Å². The summed E-state index contributed by atoms with van der Waals surface area (Å²) in [4.78, 5) is 16.1. The molecule has 1 rings (SSSR count). The molecule has 0 N–H and O–H groups in total. The van der Waals surface area contributed by atoms with E-state index in [1.54, 1.807) is 0 Å². The van der Waals surface area contributed by atoms with Gasteiger partial charge in [-0.1, -0.05) is 12.1 Å². The van der Waals surface area contributed by atoms with Crippen LogP contribution in [0.5, 0.6) is 0 Å². The van der Waals surface area contributed by atoms with Crippen molar-refractivity contribution in [1.82, 2.24) is 4.90 Å². The van der Waals surface area contributed by atoms with Crippen LogP contribution in [0.2, 0.25) is 0 Å². The Hall–Kier alpha value is -1.51. The number of aryl methyl sites for hydroxylation is 1. The van der Waals surface area contributed by atoms with Gasteiger partial charge in [-0.05, 0) is 45.4 Å². The van der Waals surface area contributed by atoms with Crippen molar-refractivity contribution in [3.63, 3.8) is 0 Å². The molecule has 0 heterocycles. The molecule has 3 nitrogen and oxygen atoms in total. The maximum absolute atomic E-state index is 12.1.